The molecule has 0 heterocycles. The predicted octanol–water partition coefficient (Wildman–Crippen LogP) is 5.76. The Balaban J connectivity index is 1.69. The summed E-state index contributed by atoms with van der Waals surface area (Å²) >= 11 is 0. The second-order valence-corrected chi connectivity index (χ2v) is 5.67. The number of rotatable bonds is 6. The Morgan fingerprint density at radius 2 is 1.59 bits per heavy atom. The molecule has 3 rings (SSSR count). The highest BCUT2D eigenvalue weighted by atomic mass is 16.5. The molecule has 0 spiro atoms. The third kappa shape index (κ3) is 3.48. The maximum Gasteiger partial charge on any atom is 0.119 e. The molecule has 0 aromatic heterocycles. The minimum Gasteiger partial charge on any atom is -0.489 e. The number of unbranched alkanes of at least 4 members (excludes halogenated alkanes) is 1. The van der Waals surface area contributed by atoms with Crippen LogP contribution in [0.5, 0.6) is 5.75 Å². The van der Waals surface area contributed by atoms with E-state index >= 15 is 0 Å². The van der Waals surface area contributed by atoms with Crippen LogP contribution in [-0.4, -0.2) is 0 Å². The van der Waals surface area contributed by atoms with Crippen LogP contribution in [0.15, 0.2) is 66.7 Å². The van der Waals surface area contributed by atoms with Crippen LogP contribution in [0.3, 0.4) is 0 Å². The number of ether oxygens (including phenoxy) is 1. The zero-order valence-electron chi connectivity index (χ0n) is 13.1. The van der Waals surface area contributed by atoms with Crippen molar-refractivity contribution in [3.8, 4) is 5.75 Å². The van der Waals surface area contributed by atoms with Gasteiger partial charge in [0, 0.05) is 0 Å². The zero-order valence-corrected chi connectivity index (χ0v) is 13.1. The van der Waals surface area contributed by atoms with Crippen molar-refractivity contribution in [1.29, 1.82) is 0 Å². The molecule has 1 heteroatoms. The van der Waals surface area contributed by atoms with Crippen molar-refractivity contribution < 1.29 is 4.74 Å². The van der Waals surface area contributed by atoms with Crippen molar-refractivity contribution in [2.24, 2.45) is 0 Å². The van der Waals surface area contributed by atoms with Gasteiger partial charge in [0.15, 0.2) is 0 Å². The first-order chi connectivity index (χ1) is 10.9. The maximum atomic E-state index is 5.96. The Morgan fingerprint density at radius 1 is 0.818 bits per heavy atom. The molecule has 0 aliphatic carbocycles. The first kappa shape index (κ1) is 14.6. The smallest absolute Gasteiger partial charge is 0.119 e. The second-order valence-electron chi connectivity index (χ2n) is 5.67. The third-order valence-corrected chi connectivity index (χ3v) is 4.02. The van der Waals surface area contributed by atoms with Crippen LogP contribution < -0.4 is 4.74 Å². The van der Waals surface area contributed by atoms with E-state index in [4.69, 9.17) is 4.74 Å². The molecule has 0 fully saturated rings. The van der Waals surface area contributed by atoms with Gasteiger partial charge in [0.25, 0.3) is 0 Å². The number of hydrogen-bond donors (Lipinski definition) is 0. The minimum atomic E-state index is 0.607. The van der Waals surface area contributed by atoms with Gasteiger partial charge in [0.05, 0.1) is 0 Å². The Kier molecular flexibility index (Phi) is 4.75. The van der Waals surface area contributed by atoms with Crippen molar-refractivity contribution in [3.63, 3.8) is 0 Å². The van der Waals surface area contributed by atoms with Gasteiger partial charge in [0.1, 0.15) is 12.4 Å². The Labute approximate surface area is 132 Å². The average molecular weight is 290 g/mol. The van der Waals surface area contributed by atoms with Gasteiger partial charge in [0.2, 0.25) is 0 Å². The van der Waals surface area contributed by atoms with Crippen molar-refractivity contribution in [3.05, 3.63) is 77.9 Å². The molecule has 0 N–H and O–H groups in total. The lowest BCUT2D eigenvalue weighted by atomic mass is 10.1. The Morgan fingerprint density at radius 3 is 2.41 bits per heavy atom. The molecule has 3 aromatic carbocycles. The lowest BCUT2D eigenvalue weighted by Gasteiger charge is -2.10. The van der Waals surface area contributed by atoms with Gasteiger partial charge in [-0.3, -0.25) is 0 Å². The fourth-order valence-electron chi connectivity index (χ4n) is 2.71. The van der Waals surface area contributed by atoms with E-state index in [0.29, 0.717) is 6.61 Å². The van der Waals surface area contributed by atoms with Crippen molar-refractivity contribution in [2.75, 3.05) is 0 Å². The summed E-state index contributed by atoms with van der Waals surface area (Å²) in [4.78, 5) is 0. The van der Waals surface area contributed by atoms with Crippen molar-refractivity contribution >= 4 is 10.8 Å². The highest BCUT2D eigenvalue weighted by Crippen LogP contribution is 2.21. The van der Waals surface area contributed by atoms with Crippen LogP contribution in [0.4, 0.5) is 0 Å². The predicted molar refractivity (Wildman–Crippen MR) is 93.3 cm³/mol. The molecular weight excluding hydrogens is 268 g/mol. The molecule has 0 unspecified atom stereocenters. The molecule has 0 atom stereocenters. The summed E-state index contributed by atoms with van der Waals surface area (Å²) in [5.74, 6) is 0.938. The largest absolute Gasteiger partial charge is 0.489 e. The van der Waals surface area contributed by atoms with E-state index in [-0.39, 0.29) is 0 Å². The molecule has 1 nitrogen and oxygen atoms in total. The second kappa shape index (κ2) is 7.13. The van der Waals surface area contributed by atoms with Crippen LogP contribution in [0.1, 0.15) is 30.9 Å². The van der Waals surface area contributed by atoms with Gasteiger partial charge < -0.3 is 4.74 Å². The summed E-state index contributed by atoms with van der Waals surface area (Å²) in [6.07, 6.45) is 3.63. The molecular formula is C21H22O. The van der Waals surface area contributed by atoms with Gasteiger partial charge in [-0.1, -0.05) is 67.9 Å². The first-order valence-corrected chi connectivity index (χ1v) is 8.05. The number of hydrogen-bond acceptors (Lipinski definition) is 1. The molecule has 0 radical (unpaired) electrons. The molecule has 0 aliphatic rings. The molecule has 0 bridgehead atoms. The van der Waals surface area contributed by atoms with Gasteiger partial charge >= 0.3 is 0 Å². The van der Waals surface area contributed by atoms with Gasteiger partial charge in [-0.25, -0.2) is 0 Å². The maximum absolute atomic E-state index is 5.96. The van der Waals surface area contributed by atoms with Crippen LogP contribution in [0, 0.1) is 0 Å². The lowest BCUT2D eigenvalue weighted by molar-refractivity contribution is 0.307. The molecule has 0 aliphatic heterocycles. The van der Waals surface area contributed by atoms with E-state index in [1.54, 1.807) is 0 Å². The van der Waals surface area contributed by atoms with Crippen LogP contribution in [0.25, 0.3) is 10.8 Å². The van der Waals surface area contributed by atoms with E-state index in [1.807, 2.05) is 0 Å². The van der Waals surface area contributed by atoms with E-state index in [9.17, 15) is 0 Å². The Hall–Kier alpha value is -2.28. The topological polar surface area (TPSA) is 9.23 Å². The highest BCUT2D eigenvalue weighted by molar-refractivity contribution is 5.85. The molecule has 0 saturated carbocycles. The number of benzene rings is 3. The van der Waals surface area contributed by atoms with Crippen molar-refractivity contribution in [2.45, 2.75) is 32.8 Å². The highest BCUT2D eigenvalue weighted by Gasteiger charge is 2.02. The van der Waals surface area contributed by atoms with Gasteiger partial charge in [-0.2, -0.15) is 0 Å². The minimum absolute atomic E-state index is 0.607. The number of fused-ring (bicyclic) bond motifs is 1. The van der Waals surface area contributed by atoms with Crippen LogP contribution in [-0.2, 0) is 13.0 Å². The summed E-state index contributed by atoms with van der Waals surface area (Å²) in [6, 6.07) is 23.3. The van der Waals surface area contributed by atoms with Gasteiger partial charge in [-0.15, -0.1) is 0 Å². The van der Waals surface area contributed by atoms with Crippen LogP contribution in [0.2, 0.25) is 0 Å². The Bertz CT molecular complexity index is 723. The van der Waals surface area contributed by atoms with Crippen molar-refractivity contribution in [1.82, 2.24) is 0 Å². The summed E-state index contributed by atoms with van der Waals surface area (Å²) in [6.45, 7) is 2.83. The SMILES string of the molecule is CCCCc1ccc(OCc2cccc3ccccc23)cc1. The third-order valence-electron chi connectivity index (χ3n) is 4.02. The molecule has 0 amide bonds. The first-order valence-electron chi connectivity index (χ1n) is 8.05. The van der Waals surface area contributed by atoms with Gasteiger partial charge in [-0.05, 0) is 46.9 Å². The molecule has 3 aromatic rings. The summed E-state index contributed by atoms with van der Waals surface area (Å²) in [5, 5.41) is 2.53. The van der Waals surface area contributed by atoms with Crippen LogP contribution >= 0.6 is 0 Å². The number of aryl methyl sites for hydroxylation is 1. The molecule has 112 valence electrons. The standard InChI is InChI=1S/C21H22O/c1-2-3-7-17-12-14-20(15-13-17)22-16-19-10-6-9-18-8-4-5-11-21(18)19/h4-6,8-15H,2-3,7,16H2,1H3. The average Bonchev–Trinajstić information content (AvgIpc) is 2.59. The van der Waals surface area contributed by atoms with E-state index < -0.39 is 0 Å². The molecule has 0 saturated heterocycles. The lowest BCUT2D eigenvalue weighted by Crippen LogP contribution is -1.96. The summed E-state index contributed by atoms with van der Waals surface area (Å²) in [7, 11) is 0. The zero-order chi connectivity index (χ0) is 15.2. The summed E-state index contributed by atoms with van der Waals surface area (Å²) < 4.78 is 5.96. The summed E-state index contributed by atoms with van der Waals surface area (Å²) in [5.41, 5.74) is 2.62. The quantitative estimate of drug-likeness (QED) is 0.560. The van der Waals surface area contributed by atoms with E-state index in [0.717, 1.165) is 12.2 Å². The normalized spacial score (nSPS) is 10.8. The molecule has 22 heavy (non-hydrogen) atoms. The fourth-order valence-corrected chi connectivity index (χ4v) is 2.71. The fraction of sp³-hybridized carbons (Fsp3) is 0.238. The van der Waals surface area contributed by atoms with E-state index in [1.165, 1.54) is 34.7 Å². The monoisotopic (exact) mass is 290 g/mol. The van der Waals surface area contributed by atoms with E-state index in [2.05, 4.69) is 73.7 Å².